The van der Waals surface area contributed by atoms with Gasteiger partial charge in [0, 0.05) is 24.3 Å². The smallest absolute Gasteiger partial charge is 0.416 e. The summed E-state index contributed by atoms with van der Waals surface area (Å²) in [5.74, 6) is -0.0665. The maximum absolute atomic E-state index is 12.7. The highest BCUT2D eigenvalue weighted by molar-refractivity contribution is 7.80. The van der Waals surface area contributed by atoms with E-state index in [4.69, 9.17) is 17.0 Å². The van der Waals surface area contributed by atoms with Crippen LogP contribution in [0.5, 0.6) is 5.75 Å². The molecule has 0 spiro atoms. The lowest BCUT2D eigenvalue weighted by molar-refractivity contribution is -0.137. The third kappa shape index (κ3) is 5.22. The van der Waals surface area contributed by atoms with Crippen LogP contribution in [0.2, 0.25) is 0 Å². The fourth-order valence-corrected chi connectivity index (χ4v) is 3.23. The van der Waals surface area contributed by atoms with Crippen LogP contribution in [0.3, 0.4) is 0 Å². The molecule has 148 valence electrons. The van der Waals surface area contributed by atoms with E-state index in [1.807, 2.05) is 12.1 Å². The van der Waals surface area contributed by atoms with Crippen molar-refractivity contribution in [2.75, 3.05) is 25.0 Å². The molecule has 2 aromatic rings. The molecule has 1 heterocycles. The number of amides is 1. The standard InChI is InChI=1S/C20H19F3N2O2S/c21-20(22,23)15-4-3-5-16(12-15)24-18(26)13-27-17-8-6-14(7-9-17)19(28)25-10-1-2-11-25/h3-9,12H,1-2,10-11,13H2,(H,24,26). The van der Waals surface area contributed by atoms with Gasteiger partial charge in [-0.1, -0.05) is 18.3 Å². The molecule has 0 atom stereocenters. The van der Waals surface area contributed by atoms with E-state index >= 15 is 0 Å². The Balaban J connectivity index is 1.52. The topological polar surface area (TPSA) is 41.6 Å². The van der Waals surface area contributed by atoms with E-state index in [-0.39, 0.29) is 12.3 Å². The summed E-state index contributed by atoms with van der Waals surface area (Å²) in [6.07, 6.45) is -2.18. The number of ether oxygens (including phenoxy) is 1. The molecule has 4 nitrogen and oxygen atoms in total. The highest BCUT2D eigenvalue weighted by Gasteiger charge is 2.30. The van der Waals surface area contributed by atoms with E-state index in [9.17, 15) is 18.0 Å². The van der Waals surface area contributed by atoms with Crippen LogP contribution in [0, 0.1) is 0 Å². The van der Waals surface area contributed by atoms with Crippen LogP contribution in [0.4, 0.5) is 18.9 Å². The molecule has 0 aromatic heterocycles. The summed E-state index contributed by atoms with van der Waals surface area (Å²) in [6, 6.07) is 11.6. The van der Waals surface area contributed by atoms with E-state index < -0.39 is 17.6 Å². The highest BCUT2D eigenvalue weighted by Crippen LogP contribution is 2.30. The molecule has 1 amide bonds. The first-order valence-electron chi connectivity index (χ1n) is 8.82. The van der Waals surface area contributed by atoms with Crippen LogP contribution >= 0.6 is 12.2 Å². The number of alkyl halides is 3. The molecular formula is C20H19F3N2O2S. The van der Waals surface area contributed by atoms with Crippen molar-refractivity contribution in [3.05, 3.63) is 59.7 Å². The number of carbonyl (C=O) groups is 1. The van der Waals surface area contributed by atoms with Crippen LogP contribution in [0.25, 0.3) is 0 Å². The van der Waals surface area contributed by atoms with Gasteiger partial charge in [0.05, 0.1) is 5.56 Å². The minimum absolute atomic E-state index is 0.0646. The molecule has 0 saturated carbocycles. The van der Waals surface area contributed by atoms with Crippen molar-refractivity contribution in [2.24, 2.45) is 0 Å². The van der Waals surface area contributed by atoms with Crippen molar-refractivity contribution in [3.63, 3.8) is 0 Å². The highest BCUT2D eigenvalue weighted by atomic mass is 32.1. The molecule has 1 aliphatic heterocycles. The van der Waals surface area contributed by atoms with E-state index in [1.54, 1.807) is 12.1 Å². The van der Waals surface area contributed by atoms with E-state index in [0.717, 1.165) is 48.6 Å². The molecule has 8 heteroatoms. The maximum atomic E-state index is 12.7. The summed E-state index contributed by atoms with van der Waals surface area (Å²) >= 11 is 5.48. The Hall–Kier alpha value is -2.61. The number of hydrogen-bond donors (Lipinski definition) is 1. The summed E-state index contributed by atoms with van der Waals surface area (Å²) in [4.78, 5) is 14.9. The van der Waals surface area contributed by atoms with Crippen molar-refractivity contribution in [2.45, 2.75) is 19.0 Å². The van der Waals surface area contributed by atoms with Gasteiger partial charge in [-0.05, 0) is 55.3 Å². The van der Waals surface area contributed by atoms with E-state index in [2.05, 4.69) is 10.2 Å². The van der Waals surface area contributed by atoms with Crippen molar-refractivity contribution in [1.29, 1.82) is 0 Å². The SMILES string of the molecule is O=C(COc1ccc(C(=S)N2CCCC2)cc1)Nc1cccc(C(F)(F)F)c1. The number of nitrogens with zero attached hydrogens (tertiary/aromatic N) is 1. The average Bonchev–Trinajstić information content (AvgIpc) is 3.20. The Kier molecular flexibility index (Phi) is 6.18. The molecule has 28 heavy (non-hydrogen) atoms. The second kappa shape index (κ2) is 8.60. The quantitative estimate of drug-likeness (QED) is 0.740. The van der Waals surface area contributed by atoms with Crippen LogP contribution in [-0.4, -0.2) is 35.5 Å². The number of halogens is 3. The Bertz CT molecular complexity index is 847. The minimum Gasteiger partial charge on any atom is -0.484 e. The van der Waals surface area contributed by atoms with Gasteiger partial charge >= 0.3 is 6.18 Å². The van der Waals surface area contributed by atoms with Crippen molar-refractivity contribution in [1.82, 2.24) is 4.90 Å². The average molecular weight is 408 g/mol. The lowest BCUT2D eigenvalue weighted by atomic mass is 10.2. The van der Waals surface area contributed by atoms with E-state index in [0.29, 0.717) is 5.75 Å². The molecule has 1 saturated heterocycles. The first-order chi connectivity index (χ1) is 13.3. The molecule has 0 unspecified atom stereocenters. The number of anilines is 1. The molecule has 0 aliphatic carbocycles. The molecule has 3 rings (SSSR count). The summed E-state index contributed by atoms with van der Waals surface area (Å²) in [6.45, 7) is 1.62. The summed E-state index contributed by atoms with van der Waals surface area (Å²) in [7, 11) is 0. The monoisotopic (exact) mass is 408 g/mol. The molecule has 1 aliphatic rings. The maximum Gasteiger partial charge on any atom is 0.416 e. The third-order valence-electron chi connectivity index (χ3n) is 4.34. The fourth-order valence-electron chi connectivity index (χ4n) is 2.92. The Morgan fingerprint density at radius 1 is 1.11 bits per heavy atom. The molecule has 2 aromatic carbocycles. The van der Waals surface area contributed by atoms with Crippen molar-refractivity contribution >= 4 is 28.8 Å². The van der Waals surface area contributed by atoms with Crippen LogP contribution in [0.1, 0.15) is 24.0 Å². The first kappa shape index (κ1) is 20.1. The molecule has 0 bridgehead atoms. The van der Waals surface area contributed by atoms with Crippen LogP contribution in [0.15, 0.2) is 48.5 Å². The third-order valence-corrected chi connectivity index (χ3v) is 4.83. The number of benzene rings is 2. The molecule has 1 N–H and O–H groups in total. The predicted molar refractivity (Wildman–Crippen MR) is 105 cm³/mol. The predicted octanol–water partition coefficient (Wildman–Crippen LogP) is 4.49. The Labute approximate surface area is 166 Å². The van der Waals surface area contributed by atoms with Gasteiger partial charge in [0.1, 0.15) is 10.7 Å². The second-order valence-corrected chi connectivity index (χ2v) is 6.83. The van der Waals surface area contributed by atoms with Gasteiger partial charge in [-0.15, -0.1) is 0 Å². The first-order valence-corrected chi connectivity index (χ1v) is 9.23. The van der Waals surface area contributed by atoms with Gasteiger partial charge < -0.3 is 15.0 Å². The van der Waals surface area contributed by atoms with Crippen LogP contribution < -0.4 is 10.1 Å². The number of rotatable bonds is 5. The zero-order valence-corrected chi connectivity index (χ0v) is 15.8. The van der Waals surface area contributed by atoms with Gasteiger partial charge in [0.15, 0.2) is 6.61 Å². The molecule has 0 radical (unpaired) electrons. The number of thiocarbonyl (C=S) groups is 1. The van der Waals surface area contributed by atoms with Crippen molar-refractivity contribution < 1.29 is 22.7 Å². The Morgan fingerprint density at radius 2 is 1.79 bits per heavy atom. The summed E-state index contributed by atoms with van der Waals surface area (Å²) < 4.78 is 43.5. The number of carbonyl (C=O) groups excluding carboxylic acids is 1. The number of nitrogens with one attached hydrogen (secondary N) is 1. The zero-order valence-electron chi connectivity index (χ0n) is 15.0. The number of hydrogen-bond acceptors (Lipinski definition) is 3. The summed E-state index contributed by atoms with van der Waals surface area (Å²) in [5, 5.41) is 2.40. The largest absolute Gasteiger partial charge is 0.484 e. The van der Waals surface area contributed by atoms with Gasteiger partial charge in [-0.25, -0.2) is 0 Å². The zero-order chi connectivity index (χ0) is 20.1. The Morgan fingerprint density at radius 3 is 2.43 bits per heavy atom. The van der Waals surface area contributed by atoms with E-state index in [1.165, 1.54) is 12.1 Å². The van der Waals surface area contributed by atoms with Crippen molar-refractivity contribution in [3.8, 4) is 5.75 Å². The van der Waals surface area contributed by atoms with Gasteiger partial charge in [-0.3, -0.25) is 4.79 Å². The van der Waals surface area contributed by atoms with Gasteiger partial charge in [0.2, 0.25) is 0 Å². The molecule has 1 fully saturated rings. The lowest BCUT2D eigenvalue weighted by Gasteiger charge is -2.18. The second-order valence-electron chi connectivity index (χ2n) is 6.44. The van der Waals surface area contributed by atoms with Crippen LogP contribution in [-0.2, 0) is 11.0 Å². The van der Waals surface area contributed by atoms with Gasteiger partial charge in [0.25, 0.3) is 5.91 Å². The fraction of sp³-hybridized carbons (Fsp3) is 0.300. The normalized spacial score (nSPS) is 14.0. The molecular weight excluding hydrogens is 389 g/mol. The summed E-state index contributed by atoms with van der Waals surface area (Å²) in [5.41, 5.74) is 0.156. The van der Waals surface area contributed by atoms with Gasteiger partial charge in [-0.2, -0.15) is 13.2 Å². The number of likely N-dealkylation sites (tertiary alicyclic amines) is 1. The minimum atomic E-state index is -4.46. The lowest BCUT2D eigenvalue weighted by Crippen LogP contribution is -2.26.